The van der Waals surface area contributed by atoms with Crippen LogP contribution in [-0.2, 0) is 19.0 Å². The maximum Gasteiger partial charge on any atom is 0.478 e. The maximum absolute atomic E-state index is 12.4. The summed E-state index contributed by atoms with van der Waals surface area (Å²) in [6, 6.07) is 3.30. The zero-order valence-electron chi connectivity index (χ0n) is 13.0. The van der Waals surface area contributed by atoms with Crippen molar-refractivity contribution in [1.82, 2.24) is 5.32 Å². The molecule has 1 aliphatic heterocycles. The van der Waals surface area contributed by atoms with Crippen molar-refractivity contribution in [3.8, 4) is 0 Å². The SMILES string of the molecule is O=C(O)/C=C(/C(=O)N[C@H]1CC=C[C@H](CC(=O)O)OB1O)c1cccs1. The highest BCUT2D eigenvalue weighted by Gasteiger charge is 2.33. The fourth-order valence-electron chi connectivity index (χ4n) is 2.28. The average molecular weight is 365 g/mol. The van der Waals surface area contributed by atoms with Crippen LogP contribution in [0.3, 0.4) is 0 Å². The van der Waals surface area contributed by atoms with Crippen LogP contribution in [-0.4, -0.2) is 52.2 Å². The van der Waals surface area contributed by atoms with E-state index in [2.05, 4.69) is 5.32 Å². The van der Waals surface area contributed by atoms with E-state index in [1.807, 2.05) is 0 Å². The lowest BCUT2D eigenvalue weighted by Crippen LogP contribution is -2.48. The van der Waals surface area contributed by atoms with E-state index < -0.39 is 37.0 Å². The van der Waals surface area contributed by atoms with Crippen molar-refractivity contribution in [2.45, 2.75) is 24.9 Å². The van der Waals surface area contributed by atoms with Crippen molar-refractivity contribution < 1.29 is 34.3 Å². The molecule has 0 aliphatic carbocycles. The van der Waals surface area contributed by atoms with E-state index >= 15 is 0 Å². The molecule has 1 aromatic heterocycles. The number of thiophene rings is 1. The minimum Gasteiger partial charge on any atom is -0.481 e. The van der Waals surface area contributed by atoms with Crippen molar-refractivity contribution >= 4 is 41.9 Å². The number of aliphatic carboxylic acids is 2. The highest BCUT2D eigenvalue weighted by atomic mass is 32.1. The van der Waals surface area contributed by atoms with E-state index in [0.29, 0.717) is 4.88 Å². The molecule has 8 nitrogen and oxygen atoms in total. The number of nitrogens with one attached hydrogen (secondary N) is 1. The lowest BCUT2D eigenvalue weighted by atomic mass is 9.77. The van der Waals surface area contributed by atoms with E-state index in [1.165, 1.54) is 17.4 Å². The van der Waals surface area contributed by atoms with Crippen LogP contribution in [0.25, 0.3) is 5.57 Å². The normalized spacial score (nSPS) is 20.8. The number of hydrogen-bond acceptors (Lipinski definition) is 6. The van der Waals surface area contributed by atoms with Gasteiger partial charge in [0.1, 0.15) is 0 Å². The zero-order chi connectivity index (χ0) is 18.4. The molecule has 0 unspecified atom stereocenters. The number of amides is 1. The first-order valence-electron chi connectivity index (χ1n) is 7.38. The number of carbonyl (C=O) groups excluding carboxylic acids is 1. The van der Waals surface area contributed by atoms with Crippen LogP contribution < -0.4 is 5.32 Å². The summed E-state index contributed by atoms with van der Waals surface area (Å²) in [7, 11) is -1.42. The third-order valence-corrected chi connectivity index (χ3v) is 4.29. The van der Waals surface area contributed by atoms with Gasteiger partial charge in [-0.3, -0.25) is 9.59 Å². The molecule has 0 saturated heterocycles. The fraction of sp³-hybridized carbons (Fsp3) is 0.267. The quantitative estimate of drug-likeness (QED) is 0.328. The third-order valence-electron chi connectivity index (χ3n) is 3.39. The summed E-state index contributed by atoms with van der Waals surface area (Å²) in [6.45, 7) is 0. The standard InChI is InChI=1S/C15H16BNO7S/c18-13(19)7-9-3-1-5-12(16(23)24-9)17-15(22)10(8-14(20)21)11-4-2-6-25-11/h1-4,6,8-9,12,23H,5,7H2,(H,17,22)(H,18,19)(H,20,21)/b10-8+/t9-,12+/m1/s1. The fourth-order valence-corrected chi connectivity index (χ4v) is 3.02. The summed E-state index contributed by atoms with van der Waals surface area (Å²) in [5.41, 5.74) is -0.0370. The number of carboxylic acid groups (broad SMARTS) is 2. The highest BCUT2D eigenvalue weighted by Crippen LogP contribution is 2.21. The van der Waals surface area contributed by atoms with Gasteiger partial charge in [-0.1, -0.05) is 18.2 Å². The van der Waals surface area contributed by atoms with Crippen molar-refractivity contribution in [3.05, 3.63) is 40.6 Å². The molecule has 0 spiro atoms. The van der Waals surface area contributed by atoms with Gasteiger partial charge in [0, 0.05) is 11.0 Å². The molecule has 1 amide bonds. The van der Waals surface area contributed by atoms with Gasteiger partial charge in [0.2, 0.25) is 0 Å². The van der Waals surface area contributed by atoms with Crippen molar-refractivity contribution in [2.24, 2.45) is 0 Å². The van der Waals surface area contributed by atoms with Crippen LogP contribution in [0.4, 0.5) is 0 Å². The monoisotopic (exact) mass is 365 g/mol. The second-order valence-electron chi connectivity index (χ2n) is 5.28. The first-order valence-corrected chi connectivity index (χ1v) is 8.26. The molecule has 0 bridgehead atoms. The molecule has 2 heterocycles. The van der Waals surface area contributed by atoms with E-state index in [9.17, 15) is 19.4 Å². The molecule has 0 radical (unpaired) electrons. The summed E-state index contributed by atoms with van der Waals surface area (Å²) < 4.78 is 5.23. The summed E-state index contributed by atoms with van der Waals surface area (Å²) in [6.07, 6.45) is 3.02. The average Bonchev–Trinajstić information content (AvgIpc) is 2.98. The molecule has 0 aromatic carbocycles. The van der Waals surface area contributed by atoms with Crippen molar-refractivity contribution in [1.29, 1.82) is 0 Å². The highest BCUT2D eigenvalue weighted by molar-refractivity contribution is 7.11. The molecular weight excluding hydrogens is 349 g/mol. The Kier molecular flexibility index (Phi) is 6.51. The van der Waals surface area contributed by atoms with Crippen LogP contribution in [0.1, 0.15) is 17.7 Å². The molecule has 0 fully saturated rings. The molecule has 2 atom stereocenters. The molecular formula is C15H16BNO7S. The number of rotatable bonds is 6. The Morgan fingerprint density at radius 2 is 2.16 bits per heavy atom. The number of carbonyl (C=O) groups is 3. The molecule has 1 aromatic rings. The first kappa shape index (κ1) is 18.9. The lowest BCUT2D eigenvalue weighted by Gasteiger charge is -2.20. The Morgan fingerprint density at radius 3 is 2.76 bits per heavy atom. The van der Waals surface area contributed by atoms with Gasteiger partial charge in [0.15, 0.2) is 0 Å². The van der Waals surface area contributed by atoms with Gasteiger partial charge >= 0.3 is 19.1 Å². The van der Waals surface area contributed by atoms with Gasteiger partial charge in [-0.2, -0.15) is 0 Å². The molecule has 132 valence electrons. The number of carboxylic acids is 2. The van der Waals surface area contributed by atoms with Crippen LogP contribution >= 0.6 is 11.3 Å². The minimum absolute atomic E-state index is 0.0370. The molecule has 2 rings (SSSR count). The second kappa shape index (κ2) is 8.61. The zero-order valence-corrected chi connectivity index (χ0v) is 13.8. The van der Waals surface area contributed by atoms with E-state index in [1.54, 1.807) is 23.6 Å². The first-order chi connectivity index (χ1) is 11.9. The summed E-state index contributed by atoms with van der Waals surface area (Å²) in [5, 5.41) is 32.1. The van der Waals surface area contributed by atoms with Crippen molar-refractivity contribution in [3.63, 3.8) is 0 Å². The van der Waals surface area contributed by atoms with Crippen LogP contribution in [0.15, 0.2) is 35.7 Å². The van der Waals surface area contributed by atoms with Crippen LogP contribution in [0.2, 0.25) is 0 Å². The topological polar surface area (TPSA) is 133 Å². The van der Waals surface area contributed by atoms with E-state index in [4.69, 9.17) is 14.9 Å². The second-order valence-corrected chi connectivity index (χ2v) is 6.23. The van der Waals surface area contributed by atoms with E-state index in [-0.39, 0.29) is 18.4 Å². The van der Waals surface area contributed by atoms with Crippen molar-refractivity contribution in [2.75, 3.05) is 0 Å². The van der Waals surface area contributed by atoms with Gasteiger partial charge in [-0.15, -0.1) is 11.3 Å². The Morgan fingerprint density at radius 1 is 1.40 bits per heavy atom. The summed E-state index contributed by atoms with van der Waals surface area (Å²) >= 11 is 1.21. The molecule has 4 N–H and O–H groups in total. The Labute approximate surface area is 147 Å². The third kappa shape index (κ3) is 5.56. The Hall–Kier alpha value is -2.43. The Balaban J connectivity index is 2.09. The van der Waals surface area contributed by atoms with E-state index in [0.717, 1.165) is 6.08 Å². The molecule has 10 heteroatoms. The van der Waals surface area contributed by atoms with Gasteiger partial charge < -0.3 is 25.2 Å². The predicted molar refractivity (Wildman–Crippen MR) is 90.7 cm³/mol. The summed E-state index contributed by atoms with van der Waals surface area (Å²) in [5.74, 6) is -3.84. The number of hydrogen-bond donors (Lipinski definition) is 4. The van der Waals surface area contributed by atoms with Crippen LogP contribution in [0, 0.1) is 0 Å². The van der Waals surface area contributed by atoms with Gasteiger partial charge in [-0.05, 0) is 17.9 Å². The molecule has 25 heavy (non-hydrogen) atoms. The van der Waals surface area contributed by atoms with Gasteiger partial charge in [0.25, 0.3) is 5.91 Å². The minimum atomic E-state index is -1.42. The lowest BCUT2D eigenvalue weighted by molar-refractivity contribution is -0.138. The maximum atomic E-state index is 12.4. The largest absolute Gasteiger partial charge is 0.481 e. The van der Waals surface area contributed by atoms with Gasteiger partial charge in [-0.25, -0.2) is 4.79 Å². The molecule has 0 saturated carbocycles. The van der Waals surface area contributed by atoms with Crippen LogP contribution in [0.5, 0.6) is 0 Å². The molecule has 1 aliphatic rings. The Bertz CT molecular complexity index is 701. The summed E-state index contributed by atoms with van der Waals surface area (Å²) in [4.78, 5) is 34.6. The van der Waals surface area contributed by atoms with Gasteiger partial charge in [0.05, 0.1) is 24.0 Å². The predicted octanol–water partition coefficient (Wildman–Crippen LogP) is 0.540. The smallest absolute Gasteiger partial charge is 0.478 e.